The summed E-state index contributed by atoms with van der Waals surface area (Å²) in [6.45, 7) is 1.80. The fraction of sp³-hybridized carbons (Fsp3) is 0.471. The first-order valence-electron chi connectivity index (χ1n) is 8.16. The van der Waals surface area contributed by atoms with Crippen molar-refractivity contribution < 1.29 is 13.5 Å². The predicted octanol–water partition coefficient (Wildman–Crippen LogP) is 4.28. The van der Waals surface area contributed by atoms with Crippen LogP contribution in [-0.2, 0) is 0 Å². The van der Waals surface area contributed by atoms with Gasteiger partial charge in [0.2, 0.25) is 0 Å². The number of ether oxygens (including phenoxy) is 1. The average molecular weight is 388 g/mol. The summed E-state index contributed by atoms with van der Waals surface area (Å²) in [6.07, 6.45) is -0.822. The maximum atomic E-state index is 13.1. The van der Waals surface area contributed by atoms with Crippen LogP contribution in [0.1, 0.15) is 35.9 Å². The zero-order valence-corrected chi connectivity index (χ0v) is 15.1. The molecule has 1 aromatic heterocycles. The van der Waals surface area contributed by atoms with Gasteiger partial charge in [0.25, 0.3) is 6.43 Å². The molecule has 4 nitrogen and oxygen atoms in total. The monoisotopic (exact) mass is 387 g/mol. The van der Waals surface area contributed by atoms with Gasteiger partial charge in [-0.25, -0.2) is 13.8 Å². The van der Waals surface area contributed by atoms with Crippen molar-refractivity contribution in [1.82, 2.24) is 9.88 Å². The van der Waals surface area contributed by atoms with E-state index in [1.807, 2.05) is 12.1 Å². The third kappa shape index (κ3) is 4.47. The van der Waals surface area contributed by atoms with Gasteiger partial charge in [-0.1, -0.05) is 11.6 Å². The molecule has 3 rings (SSSR count). The van der Waals surface area contributed by atoms with E-state index < -0.39 is 6.43 Å². The topological polar surface area (TPSA) is 51.4 Å². The molecule has 2 aromatic rings. The second-order valence-corrected chi connectivity index (χ2v) is 7.28. The van der Waals surface area contributed by atoms with Crippen molar-refractivity contribution in [3.63, 3.8) is 0 Å². The molecule has 0 amide bonds. The SMILES string of the molecule is NCC(c1scnc1C(F)F)N1CCC(Oc2ccc(Cl)cc2)CC1. The number of hydrogen-bond acceptors (Lipinski definition) is 5. The standard InChI is InChI=1S/C17H20ClF2N3OS/c18-11-1-3-12(4-2-11)24-13-5-7-23(8-6-13)14(9-21)16-15(17(19)20)22-10-25-16/h1-4,10,13-14,17H,5-9,21H2. The molecule has 136 valence electrons. The molecule has 0 radical (unpaired) electrons. The number of benzene rings is 1. The number of nitrogens with zero attached hydrogens (tertiary/aromatic N) is 2. The van der Waals surface area contributed by atoms with Crippen LogP contribution in [0.5, 0.6) is 5.75 Å². The molecule has 1 unspecified atom stereocenters. The highest BCUT2D eigenvalue weighted by Gasteiger charge is 2.30. The second-order valence-electron chi connectivity index (χ2n) is 5.96. The Morgan fingerprint density at radius 1 is 1.28 bits per heavy atom. The van der Waals surface area contributed by atoms with Gasteiger partial charge in [-0.2, -0.15) is 0 Å². The molecule has 8 heteroatoms. The van der Waals surface area contributed by atoms with Crippen LogP contribution in [0.4, 0.5) is 8.78 Å². The highest BCUT2D eigenvalue weighted by Crippen LogP contribution is 2.34. The van der Waals surface area contributed by atoms with Crippen LogP contribution in [0.25, 0.3) is 0 Å². The van der Waals surface area contributed by atoms with E-state index in [0.29, 0.717) is 16.4 Å². The van der Waals surface area contributed by atoms with Gasteiger partial charge in [0.05, 0.1) is 16.4 Å². The lowest BCUT2D eigenvalue weighted by Crippen LogP contribution is -2.42. The number of halogens is 3. The lowest BCUT2D eigenvalue weighted by molar-refractivity contribution is 0.0756. The number of rotatable bonds is 6. The van der Waals surface area contributed by atoms with Crippen LogP contribution < -0.4 is 10.5 Å². The molecule has 1 aliphatic rings. The largest absolute Gasteiger partial charge is 0.490 e. The van der Waals surface area contributed by atoms with E-state index in [2.05, 4.69) is 9.88 Å². The Bertz CT molecular complexity index is 675. The van der Waals surface area contributed by atoms with Gasteiger partial charge < -0.3 is 10.5 Å². The average Bonchev–Trinajstić information content (AvgIpc) is 3.09. The third-order valence-corrected chi connectivity index (χ3v) is 5.59. The van der Waals surface area contributed by atoms with E-state index in [1.165, 1.54) is 16.8 Å². The summed E-state index contributed by atoms with van der Waals surface area (Å²) in [5, 5.41) is 0.673. The molecule has 1 atom stereocenters. The van der Waals surface area contributed by atoms with Crippen molar-refractivity contribution in [2.24, 2.45) is 5.73 Å². The highest BCUT2D eigenvalue weighted by atomic mass is 35.5. The molecule has 0 bridgehead atoms. The zero-order chi connectivity index (χ0) is 17.8. The fourth-order valence-corrected chi connectivity index (χ4v) is 4.18. The van der Waals surface area contributed by atoms with Gasteiger partial charge in [0, 0.05) is 24.7 Å². The van der Waals surface area contributed by atoms with Gasteiger partial charge in [-0.3, -0.25) is 4.90 Å². The molecular weight excluding hydrogens is 368 g/mol. The summed E-state index contributed by atoms with van der Waals surface area (Å²) in [5.74, 6) is 0.792. The van der Waals surface area contributed by atoms with Crippen LogP contribution in [-0.4, -0.2) is 35.6 Å². The summed E-state index contributed by atoms with van der Waals surface area (Å²) in [5.41, 5.74) is 7.21. The van der Waals surface area contributed by atoms with Gasteiger partial charge in [0.15, 0.2) is 0 Å². The summed E-state index contributed by atoms with van der Waals surface area (Å²) < 4.78 is 32.2. The van der Waals surface area contributed by atoms with Crippen molar-refractivity contribution in [3.8, 4) is 5.75 Å². The summed E-state index contributed by atoms with van der Waals surface area (Å²) in [6, 6.07) is 7.08. The molecule has 0 aliphatic carbocycles. The van der Waals surface area contributed by atoms with E-state index in [1.54, 1.807) is 12.1 Å². The van der Waals surface area contributed by atoms with Crippen LogP contribution in [0.3, 0.4) is 0 Å². The second kappa shape index (κ2) is 8.40. The molecule has 1 saturated heterocycles. The molecular formula is C17H20ClF2N3OS. The van der Waals surface area contributed by atoms with Gasteiger partial charge in [-0.15, -0.1) is 11.3 Å². The van der Waals surface area contributed by atoms with Gasteiger partial charge >= 0.3 is 0 Å². The number of likely N-dealkylation sites (tertiary alicyclic amines) is 1. The number of nitrogens with two attached hydrogens (primary N) is 1. The Balaban J connectivity index is 1.60. The van der Waals surface area contributed by atoms with E-state index in [4.69, 9.17) is 22.1 Å². The number of piperidine rings is 1. The maximum Gasteiger partial charge on any atom is 0.281 e. The minimum absolute atomic E-state index is 0.104. The van der Waals surface area contributed by atoms with Crippen LogP contribution in [0.15, 0.2) is 29.8 Å². The molecule has 2 heterocycles. The van der Waals surface area contributed by atoms with Crippen molar-refractivity contribution >= 4 is 22.9 Å². The van der Waals surface area contributed by atoms with E-state index in [9.17, 15) is 8.78 Å². The molecule has 2 N–H and O–H groups in total. The minimum atomic E-state index is -2.57. The minimum Gasteiger partial charge on any atom is -0.490 e. The number of thiazole rings is 1. The van der Waals surface area contributed by atoms with E-state index >= 15 is 0 Å². The lowest BCUT2D eigenvalue weighted by Gasteiger charge is -2.37. The maximum absolute atomic E-state index is 13.1. The number of alkyl halides is 2. The van der Waals surface area contributed by atoms with Crippen LogP contribution in [0, 0.1) is 0 Å². The molecule has 0 spiro atoms. The van der Waals surface area contributed by atoms with Crippen molar-refractivity contribution in [2.75, 3.05) is 19.6 Å². The van der Waals surface area contributed by atoms with Crippen molar-refractivity contribution in [3.05, 3.63) is 45.4 Å². The first-order valence-corrected chi connectivity index (χ1v) is 9.42. The molecule has 1 aliphatic heterocycles. The fourth-order valence-electron chi connectivity index (χ4n) is 3.11. The van der Waals surface area contributed by atoms with Crippen LogP contribution in [0.2, 0.25) is 5.02 Å². The smallest absolute Gasteiger partial charge is 0.281 e. The highest BCUT2D eigenvalue weighted by molar-refractivity contribution is 7.09. The number of hydrogen-bond donors (Lipinski definition) is 1. The van der Waals surface area contributed by atoms with Gasteiger partial charge in [0.1, 0.15) is 17.5 Å². The summed E-state index contributed by atoms with van der Waals surface area (Å²) in [4.78, 5) is 6.54. The van der Waals surface area contributed by atoms with Crippen molar-refractivity contribution in [1.29, 1.82) is 0 Å². The molecule has 1 fully saturated rings. The van der Waals surface area contributed by atoms with E-state index in [-0.39, 0.29) is 17.8 Å². The molecule has 25 heavy (non-hydrogen) atoms. The summed E-state index contributed by atoms with van der Waals surface area (Å²) in [7, 11) is 0. The Kier molecular flexibility index (Phi) is 6.22. The van der Waals surface area contributed by atoms with Gasteiger partial charge in [-0.05, 0) is 37.1 Å². The van der Waals surface area contributed by atoms with Crippen molar-refractivity contribution in [2.45, 2.75) is 31.4 Å². The predicted molar refractivity (Wildman–Crippen MR) is 95.5 cm³/mol. The Labute approximate surface area is 154 Å². The molecule has 0 saturated carbocycles. The van der Waals surface area contributed by atoms with E-state index in [0.717, 1.165) is 31.7 Å². The van der Waals surface area contributed by atoms with Crippen LogP contribution >= 0.6 is 22.9 Å². The number of aromatic nitrogens is 1. The molecule has 1 aromatic carbocycles. The third-order valence-electron chi connectivity index (χ3n) is 4.39. The normalized spacial score (nSPS) is 17.8. The summed E-state index contributed by atoms with van der Waals surface area (Å²) >= 11 is 7.13. The first-order chi connectivity index (χ1) is 12.1. The first kappa shape index (κ1) is 18.5. The Morgan fingerprint density at radius 3 is 2.56 bits per heavy atom. The Morgan fingerprint density at radius 2 is 1.96 bits per heavy atom. The lowest BCUT2D eigenvalue weighted by atomic mass is 10.0. The quantitative estimate of drug-likeness (QED) is 0.803. The zero-order valence-electron chi connectivity index (χ0n) is 13.6. The Hall–Kier alpha value is -1.28.